The zero-order chi connectivity index (χ0) is 17.8. The van der Waals surface area contributed by atoms with Gasteiger partial charge in [-0.05, 0) is 24.6 Å². The van der Waals surface area contributed by atoms with Crippen molar-refractivity contribution in [1.82, 2.24) is 15.3 Å². The van der Waals surface area contributed by atoms with Crippen LogP contribution in [0.25, 0.3) is 10.2 Å². The number of hydrogen-bond donors (Lipinski definition) is 1. The highest BCUT2D eigenvalue weighted by Crippen LogP contribution is 2.36. The van der Waals surface area contributed by atoms with Gasteiger partial charge in [0, 0.05) is 26.4 Å². The Labute approximate surface area is 150 Å². The van der Waals surface area contributed by atoms with Gasteiger partial charge in [0.1, 0.15) is 17.0 Å². The normalized spacial score (nSPS) is 10.8. The molecule has 2 heterocycles. The van der Waals surface area contributed by atoms with Crippen LogP contribution in [0.3, 0.4) is 0 Å². The van der Waals surface area contributed by atoms with Gasteiger partial charge >= 0.3 is 0 Å². The summed E-state index contributed by atoms with van der Waals surface area (Å²) in [5.41, 5.74) is 1.92. The van der Waals surface area contributed by atoms with E-state index in [4.69, 9.17) is 4.74 Å². The maximum Gasteiger partial charge on any atom is 0.261 e. The molecule has 3 rings (SSSR count). The minimum atomic E-state index is -0.106. The molecule has 0 aliphatic rings. The van der Waals surface area contributed by atoms with Crippen LogP contribution in [-0.2, 0) is 4.74 Å². The van der Waals surface area contributed by atoms with Crippen molar-refractivity contribution < 1.29 is 9.53 Å². The lowest BCUT2D eigenvalue weighted by molar-refractivity contribution is 0.0940. The first kappa shape index (κ1) is 17.3. The number of benzene rings is 1. The largest absolute Gasteiger partial charge is 0.383 e. The summed E-state index contributed by atoms with van der Waals surface area (Å²) in [6.45, 7) is 2.90. The highest BCUT2D eigenvalue weighted by molar-refractivity contribution is 7.20. The topological polar surface area (TPSA) is 67.3 Å². The summed E-state index contributed by atoms with van der Waals surface area (Å²) in [5.74, 6) is 0.687. The van der Waals surface area contributed by atoms with Gasteiger partial charge in [0.25, 0.3) is 5.91 Å². The molecule has 2 aromatic heterocycles. The molecule has 6 nitrogen and oxygen atoms in total. The van der Waals surface area contributed by atoms with Crippen LogP contribution in [0.15, 0.2) is 36.7 Å². The van der Waals surface area contributed by atoms with Crippen molar-refractivity contribution in [3.63, 3.8) is 0 Å². The lowest BCUT2D eigenvalue weighted by Crippen LogP contribution is -2.26. The number of para-hydroxylation sites is 1. The fourth-order valence-electron chi connectivity index (χ4n) is 2.64. The molecule has 0 bridgehead atoms. The summed E-state index contributed by atoms with van der Waals surface area (Å²) >= 11 is 1.39. The third-order valence-corrected chi connectivity index (χ3v) is 5.16. The van der Waals surface area contributed by atoms with E-state index in [1.54, 1.807) is 13.4 Å². The highest BCUT2D eigenvalue weighted by Gasteiger charge is 2.21. The van der Waals surface area contributed by atoms with Crippen LogP contribution in [0.2, 0.25) is 0 Å². The van der Waals surface area contributed by atoms with Gasteiger partial charge in [0.05, 0.1) is 16.9 Å². The number of methoxy groups -OCH3 is 1. The standard InChI is InChI=1S/C18H20N4O2S/c1-12-14-16(22(2)13-7-5-4-6-8-13)20-11-21-18(14)25-15(12)17(23)19-9-10-24-3/h4-8,11H,9-10H2,1-3H3,(H,19,23). The van der Waals surface area contributed by atoms with E-state index in [-0.39, 0.29) is 5.91 Å². The molecule has 0 aliphatic heterocycles. The van der Waals surface area contributed by atoms with E-state index in [0.717, 1.165) is 27.3 Å². The summed E-state index contributed by atoms with van der Waals surface area (Å²) in [6.07, 6.45) is 1.54. The fraction of sp³-hybridized carbons (Fsp3) is 0.278. The Bertz CT molecular complexity index is 879. The predicted octanol–water partition coefficient (Wildman–Crippen LogP) is 3.14. The van der Waals surface area contributed by atoms with Crippen LogP contribution in [0.1, 0.15) is 15.2 Å². The van der Waals surface area contributed by atoms with Gasteiger partial charge < -0.3 is 15.0 Å². The molecular weight excluding hydrogens is 336 g/mol. The number of nitrogens with one attached hydrogen (secondary N) is 1. The summed E-state index contributed by atoms with van der Waals surface area (Å²) in [7, 11) is 3.57. The number of carbonyl (C=O) groups excluding carboxylic acids is 1. The fourth-order valence-corrected chi connectivity index (χ4v) is 3.70. The molecule has 0 unspecified atom stereocenters. The molecule has 3 aromatic rings. The van der Waals surface area contributed by atoms with Crippen molar-refractivity contribution in [1.29, 1.82) is 0 Å². The molecule has 1 amide bonds. The summed E-state index contributed by atoms with van der Waals surface area (Å²) < 4.78 is 4.98. The lowest BCUT2D eigenvalue weighted by atomic mass is 10.2. The number of nitrogens with zero attached hydrogens (tertiary/aromatic N) is 3. The number of carbonyl (C=O) groups is 1. The van der Waals surface area contributed by atoms with Crippen LogP contribution in [0.4, 0.5) is 11.5 Å². The van der Waals surface area contributed by atoms with Crippen LogP contribution in [-0.4, -0.2) is 43.2 Å². The quantitative estimate of drug-likeness (QED) is 0.687. The van der Waals surface area contributed by atoms with Gasteiger partial charge in [0.15, 0.2) is 0 Å². The zero-order valence-electron chi connectivity index (χ0n) is 14.4. The first-order valence-electron chi connectivity index (χ1n) is 7.93. The van der Waals surface area contributed by atoms with Crippen LogP contribution >= 0.6 is 11.3 Å². The average Bonchev–Trinajstić information content (AvgIpc) is 2.99. The number of fused-ring (bicyclic) bond motifs is 1. The summed E-state index contributed by atoms with van der Waals surface area (Å²) in [4.78, 5) is 24.7. The number of rotatable bonds is 6. The Hall–Kier alpha value is -2.51. The van der Waals surface area contributed by atoms with Gasteiger partial charge in [0.2, 0.25) is 0 Å². The van der Waals surface area contributed by atoms with Gasteiger partial charge in [-0.2, -0.15) is 0 Å². The number of thiophene rings is 1. The first-order chi connectivity index (χ1) is 12.1. The maximum absolute atomic E-state index is 12.4. The van der Waals surface area contributed by atoms with E-state index in [1.165, 1.54) is 11.3 Å². The SMILES string of the molecule is COCCNC(=O)c1sc2ncnc(N(C)c3ccccc3)c2c1C. The molecule has 25 heavy (non-hydrogen) atoms. The second-order valence-electron chi connectivity index (χ2n) is 5.58. The molecule has 7 heteroatoms. The molecule has 130 valence electrons. The van der Waals surface area contributed by atoms with Gasteiger partial charge in [-0.25, -0.2) is 9.97 Å². The van der Waals surface area contributed by atoms with Crippen molar-refractivity contribution >= 4 is 39.0 Å². The predicted molar refractivity (Wildman–Crippen MR) is 101 cm³/mol. The van der Waals surface area contributed by atoms with Crippen molar-refractivity contribution in [2.45, 2.75) is 6.92 Å². The number of amides is 1. The minimum absolute atomic E-state index is 0.106. The Morgan fingerprint density at radius 1 is 1.28 bits per heavy atom. The van der Waals surface area contributed by atoms with Gasteiger partial charge in [-0.3, -0.25) is 4.79 Å². The Morgan fingerprint density at radius 2 is 2.04 bits per heavy atom. The van der Waals surface area contributed by atoms with Gasteiger partial charge in [-0.15, -0.1) is 11.3 Å². The van der Waals surface area contributed by atoms with Crippen molar-refractivity contribution in [3.8, 4) is 0 Å². The molecule has 0 fully saturated rings. The number of hydrogen-bond acceptors (Lipinski definition) is 6. The maximum atomic E-state index is 12.4. The Balaban J connectivity index is 2.00. The number of aryl methyl sites for hydroxylation is 1. The average molecular weight is 356 g/mol. The monoisotopic (exact) mass is 356 g/mol. The first-order valence-corrected chi connectivity index (χ1v) is 8.75. The van der Waals surface area contributed by atoms with Crippen molar-refractivity contribution in [2.24, 2.45) is 0 Å². The molecular formula is C18H20N4O2S. The molecule has 0 spiro atoms. The van der Waals surface area contributed by atoms with E-state index in [9.17, 15) is 4.79 Å². The Kier molecular flexibility index (Phi) is 5.25. The van der Waals surface area contributed by atoms with E-state index >= 15 is 0 Å². The lowest BCUT2D eigenvalue weighted by Gasteiger charge is -2.19. The van der Waals surface area contributed by atoms with Gasteiger partial charge in [-0.1, -0.05) is 18.2 Å². The van der Waals surface area contributed by atoms with Crippen LogP contribution in [0.5, 0.6) is 0 Å². The van der Waals surface area contributed by atoms with E-state index in [1.807, 2.05) is 49.2 Å². The van der Waals surface area contributed by atoms with Crippen LogP contribution in [0, 0.1) is 6.92 Å². The zero-order valence-corrected chi connectivity index (χ0v) is 15.3. The Morgan fingerprint density at radius 3 is 2.76 bits per heavy atom. The molecule has 0 saturated heterocycles. The van der Waals surface area contributed by atoms with E-state index < -0.39 is 0 Å². The van der Waals surface area contributed by atoms with Crippen molar-refractivity contribution in [2.75, 3.05) is 32.2 Å². The molecule has 0 atom stereocenters. The smallest absolute Gasteiger partial charge is 0.261 e. The number of aromatic nitrogens is 2. The van der Waals surface area contributed by atoms with E-state index in [0.29, 0.717) is 18.0 Å². The molecule has 1 aromatic carbocycles. The van der Waals surface area contributed by atoms with E-state index in [2.05, 4.69) is 15.3 Å². The van der Waals surface area contributed by atoms with Crippen LogP contribution < -0.4 is 10.2 Å². The number of anilines is 2. The third kappa shape index (κ3) is 3.47. The molecule has 0 aliphatic carbocycles. The third-order valence-electron chi connectivity index (χ3n) is 3.97. The molecule has 0 radical (unpaired) electrons. The second kappa shape index (κ2) is 7.58. The highest BCUT2D eigenvalue weighted by atomic mass is 32.1. The van der Waals surface area contributed by atoms with Crippen molar-refractivity contribution in [3.05, 3.63) is 47.1 Å². The summed E-state index contributed by atoms with van der Waals surface area (Å²) in [6, 6.07) is 9.99. The second-order valence-corrected chi connectivity index (χ2v) is 6.58. The molecule has 1 N–H and O–H groups in total. The number of ether oxygens (including phenoxy) is 1. The summed E-state index contributed by atoms with van der Waals surface area (Å²) in [5, 5.41) is 3.78. The minimum Gasteiger partial charge on any atom is -0.383 e. The molecule has 0 saturated carbocycles.